The second-order valence-corrected chi connectivity index (χ2v) is 6.31. The largest absolute Gasteiger partial charge is 0.338 e. The lowest BCUT2D eigenvalue weighted by molar-refractivity contribution is 0.126. The number of nitrogens with one attached hydrogen (secondary N) is 1. The zero-order valence-corrected chi connectivity index (χ0v) is 11.3. The summed E-state index contributed by atoms with van der Waals surface area (Å²) in [5, 5.41) is 2.96. The molecule has 3 nitrogen and oxygen atoms in total. The molecular formula is C14H26N2O. The molecular weight excluding hydrogens is 212 g/mol. The van der Waals surface area contributed by atoms with Gasteiger partial charge in [-0.2, -0.15) is 0 Å². The zero-order chi connectivity index (χ0) is 12.3. The van der Waals surface area contributed by atoms with Crippen LogP contribution in [0.25, 0.3) is 0 Å². The van der Waals surface area contributed by atoms with Gasteiger partial charge in [-0.05, 0) is 37.0 Å². The van der Waals surface area contributed by atoms with Gasteiger partial charge in [-0.15, -0.1) is 0 Å². The van der Waals surface area contributed by atoms with Gasteiger partial charge in [-0.25, -0.2) is 4.79 Å². The summed E-state index contributed by atoms with van der Waals surface area (Å²) >= 11 is 0. The first-order chi connectivity index (χ1) is 8.11. The minimum atomic E-state index is 0.159. The minimum Gasteiger partial charge on any atom is -0.338 e. The second-order valence-electron chi connectivity index (χ2n) is 6.31. The van der Waals surface area contributed by atoms with E-state index in [1.807, 2.05) is 0 Å². The van der Waals surface area contributed by atoms with Crippen molar-refractivity contribution in [2.24, 2.45) is 11.3 Å². The van der Waals surface area contributed by atoms with Crippen LogP contribution in [-0.2, 0) is 0 Å². The van der Waals surface area contributed by atoms with E-state index in [-0.39, 0.29) is 6.03 Å². The van der Waals surface area contributed by atoms with E-state index in [9.17, 15) is 4.79 Å². The average molecular weight is 238 g/mol. The van der Waals surface area contributed by atoms with E-state index in [0.717, 1.165) is 32.0 Å². The van der Waals surface area contributed by atoms with E-state index in [4.69, 9.17) is 0 Å². The number of amides is 2. The van der Waals surface area contributed by atoms with Gasteiger partial charge in [-0.1, -0.05) is 26.7 Å². The van der Waals surface area contributed by atoms with Crippen LogP contribution in [0.2, 0.25) is 0 Å². The van der Waals surface area contributed by atoms with Crippen molar-refractivity contribution in [1.82, 2.24) is 10.2 Å². The minimum absolute atomic E-state index is 0.159. The zero-order valence-electron chi connectivity index (χ0n) is 11.3. The smallest absolute Gasteiger partial charge is 0.317 e. The number of carbonyl (C=O) groups excluding carboxylic acids is 1. The molecule has 0 aromatic heterocycles. The molecule has 1 saturated heterocycles. The normalized spacial score (nSPS) is 24.2. The summed E-state index contributed by atoms with van der Waals surface area (Å²) in [5.74, 6) is 0.737. The Hall–Kier alpha value is -0.730. The first-order valence-corrected chi connectivity index (χ1v) is 7.14. The SMILES string of the molecule is CC(C)CC1(CN2CCCNC2=O)CCCC1. The van der Waals surface area contributed by atoms with E-state index < -0.39 is 0 Å². The monoisotopic (exact) mass is 238 g/mol. The Labute approximate surface area is 105 Å². The molecule has 1 saturated carbocycles. The molecule has 0 bridgehead atoms. The van der Waals surface area contributed by atoms with Crippen molar-refractivity contribution in [2.75, 3.05) is 19.6 Å². The summed E-state index contributed by atoms with van der Waals surface area (Å²) in [7, 11) is 0. The van der Waals surface area contributed by atoms with E-state index in [0.29, 0.717) is 5.41 Å². The highest BCUT2D eigenvalue weighted by Crippen LogP contribution is 2.43. The fourth-order valence-electron chi connectivity index (χ4n) is 3.65. The van der Waals surface area contributed by atoms with Crippen LogP contribution in [0, 0.1) is 11.3 Å². The molecule has 2 amide bonds. The average Bonchev–Trinajstić information content (AvgIpc) is 2.69. The van der Waals surface area contributed by atoms with E-state index in [1.165, 1.54) is 32.1 Å². The molecule has 2 aliphatic rings. The molecule has 0 unspecified atom stereocenters. The van der Waals surface area contributed by atoms with Gasteiger partial charge in [0.1, 0.15) is 0 Å². The standard InChI is InChI=1S/C14H26N2O/c1-12(2)10-14(6-3-4-7-14)11-16-9-5-8-15-13(16)17/h12H,3-11H2,1-2H3,(H,15,17). The Morgan fingerprint density at radius 1 is 1.29 bits per heavy atom. The van der Waals surface area contributed by atoms with Gasteiger partial charge in [0.05, 0.1) is 0 Å². The Bertz CT molecular complexity index is 269. The summed E-state index contributed by atoms with van der Waals surface area (Å²) in [6, 6.07) is 0.159. The van der Waals surface area contributed by atoms with Crippen LogP contribution in [0.4, 0.5) is 4.79 Å². The third-order valence-electron chi connectivity index (χ3n) is 4.20. The van der Waals surface area contributed by atoms with Crippen molar-refractivity contribution in [1.29, 1.82) is 0 Å². The Kier molecular flexibility index (Phi) is 3.95. The highest BCUT2D eigenvalue weighted by atomic mass is 16.2. The van der Waals surface area contributed by atoms with Gasteiger partial charge in [0.15, 0.2) is 0 Å². The molecule has 0 atom stereocenters. The fraction of sp³-hybridized carbons (Fsp3) is 0.929. The molecule has 98 valence electrons. The Morgan fingerprint density at radius 3 is 2.59 bits per heavy atom. The lowest BCUT2D eigenvalue weighted by Crippen LogP contribution is -2.50. The molecule has 2 rings (SSSR count). The number of rotatable bonds is 4. The van der Waals surface area contributed by atoms with Gasteiger partial charge in [0.25, 0.3) is 0 Å². The third kappa shape index (κ3) is 3.14. The Morgan fingerprint density at radius 2 is 2.00 bits per heavy atom. The number of carbonyl (C=O) groups is 1. The predicted octanol–water partition coefficient (Wildman–Crippen LogP) is 3.01. The molecule has 1 aliphatic heterocycles. The van der Waals surface area contributed by atoms with Crippen molar-refractivity contribution in [3.63, 3.8) is 0 Å². The summed E-state index contributed by atoms with van der Waals surface area (Å²) < 4.78 is 0. The maximum Gasteiger partial charge on any atom is 0.317 e. The van der Waals surface area contributed by atoms with Crippen LogP contribution in [0.1, 0.15) is 52.4 Å². The van der Waals surface area contributed by atoms with E-state index in [2.05, 4.69) is 24.1 Å². The highest BCUT2D eigenvalue weighted by Gasteiger charge is 2.37. The van der Waals surface area contributed by atoms with Crippen LogP contribution >= 0.6 is 0 Å². The van der Waals surface area contributed by atoms with Gasteiger partial charge in [-0.3, -0.25) is 0 Å². The number of urea groups is 1. The quantitative estimate of drug-likeness (QED) is 0.802. The molecule has 0 aromatic carbocycles. The van der Waals surface area contributed by atoms with Crippen molar-refractivity contribution >= 4 is 6.03 Å². The summed E-state index contributed by atoms with van der Waals surface area (Å²) in [5.41, 5.74) is 0.419. The van der Waals surface area contributed by atoms with E-state index in [1.54, 1.807) is 0 Å². The maximum atomic E-state index is 11.8. The molecule has 0 spiro atoms. The van der Waals surface area contributed by atoms with Crippen molar-refractivity contribution < 1.29 is 4.79 Å². The van der Waals surface area contributed by atoms with Crippen LogP contribution in [0.5, 0.6) is 0 Å². The van der Waals surface area contributed by atoms with Crippen LogP contribution in [0.15, 0.2) is 0 Å². The third-order valence-corrected chi connectivity index (χ3v) is 4.20. The molecule has 1 heterocycles. The number of nitrogens with zero attached hydrogens (tertiary/aromatic N) is 1. The molecule has 3 heteroatoms. The molecule has 0 aromatic rings. The molecule has 0 radical (unpaired) electrons. The molecule has 2 fully saturated rings. The lowest BCUT2D eigenvalue weighted by atomic mass is 9.78. The number of hydrogen-bond acceptors (Lipinski definition) is 1. The molecule has 1 aliphatic carbocycles. The maximum absolute atomic E-state index is 11.8. The van der Waals surface area contributed by atoms with Crippen LogP contribution < -0.4 is 5.32 Å². The highest BCUT2D eigenvalue weighted by molar-refractivity contribution is 5.74. The predicted molar refractivity (Wildman–Crippen MR) is 69.9 cm³/mol. The molecule has 1 N–H and O–H groups in total. The molecule has 17 heavy (non-hydrogen) atoms. The second kappa shape index (κ2) is 5.28. The van der Waals surface area contributed by atoms with Gasteiger partial charge in [0.2, 0.25) is 0 Å². The van der Waals surface area contributed by atoms with Gasteiger partial charge in [0, 0.05) is 19.6 Å². The first-order valence-electron chi connectivity index (χ1n) is 7.14. The fourth-order valence-corrected chi connectivity index (χ4v) is 3.65. The Balaban J connectivity index is 1.99. The summed E-state index contributed by atoms with van der Waals surface area (Å²) in [6.45, 7) is 7.39. The van der Waals surface area contributed by atoms with Gasteiger partial charge >= 0.3 is 6.03 Å². The first kappa shape index (κ1) is 12.7. The number of hydrogen-bond donors (Lipinski definition) is 1. The van der Waals surface area contributed by atoms with Crippen LogP contribution in [0.3, 0.4) is 0 Å². The van der Waals surface area contributed by atoms with Crippen molar-refractivity contribution in [3.05, 3.63) is 0 Å². The summed E-state index contributed by atoms with van der Waals surface area (Å²) in [4.78, 5) is 13.9. The van der Waals surface area contributed by atoms with Crippen LogP contribution in [-0.4, -0.2) is 30.6 Å². The van der Waals surface area contributed by atoms with E-state index >= 15 is 0 Å². The topological polar surface area (TPSA) is 32.3 Å². The van der Waals surface area contributed by atoms with Gasteiger partial charge < -0.3 is 10.2 Å². The van der Waals surface area contributed by atoms with Crippen molar-refractivity contribution in [2.45, 2.75) is 52.4 Å². The lowest BCUT2D eigenvalue weighted by Gasteiger charge is -2.38. The summed E-state index contributed by atoms with van der Waals surface area (Å²) in [6.07, 6.45) is 7.70. The van der Waals surface area contributed by atoms with Crippen molar-refractivity contribution in [3.8, 4) is 0 Å².